The molecule has 0 aliphatic carbocycles. The molecule has 5 rings (SSSR count). The molecule has 3 heterocycles. The Morgan fingerprint density at radius 1 is 1.06 bits per heavy atom. The summed E-state index contributed by atoms with van der Waals surface area (Å²) in [6.07, 6.45) is 0. The van der Waals surface area contributed by atoms with E-state index < -0.39 is 11.5 Å². The van der Waals surface area contributed by atoms with Crippen LogP contribution >= 0.6 is 11.3 Å². The van der Waals surface area contributed by atoms with Crippen LogP contribution in [0.1, 0.15) is 16.1 Å². The lowest BCUT2D eigenvalue weighted by Crippen LogP contribution is -2.20. The molecule has 0 spiro atoms. The van der Waals surface area contributed by atoms with Crippen molar-refractivity contribution in [1.82, 2.24) is 14.8 Å². The minimum absolute atomic E-state index is 0.0975. The minimum atomic E-state index is -0.734. The summed E-state index contributed by atoms with van der Waals surface area (Å²) in [5.74, 6) is -0.573. The third kappa shape index (κ3) is 3.53. The third-order valence-electron chi connectivity index (χ3n) is 4.80. The smallest absolute Gasteiger partial charge is 0.350 e. The Labute approximate surface area is 180 Å². The van der Waals surface area contributed by atoms with Gasteiger partial charge in [-0.2, -0.15) is 9.78 Å². The monoisotopic (exact) mass is 428 g/mol. The third-order valence-corrected chi connectivity index (χ3v) is 5.56. The van der Waals surface area contributed by atoms with Crippen LogP contribution in [0.15, 0.2) is 81.3 Å². The molecule has 0 aliphatic rings. The maximum atomic E-state index is 12.8. The fourth-order valence-electron chi connectivity index (χ4n) is 3.27. The van der Waals surface area contributed by atoms with E-state index in [1.807, 2.05) is 66.0 Å². The van der Waals surface area contributed by atoms with Crippen LogP contribution in [0.3, 0.4) is 0 Å². The molecule has 152 valence electrons. The molecule has 0 bridgehead atoms. The van der Waals surface area contributed by atoms with Crippen molar-refractivity contribution >= 4 is 33.5 Å². The molecule has 0 unspecified atom stereocenters. The Morgan fingerprint density at radius 3 is 2.52 bits per heavy atom. The van der Waals surface area contributed by atoms with Gasteiger partial charge >= 0.3 is 5.63 Å². The van der Waals surface area contributed by atoms with Crippen LogP contribution in [0, 0.1) is 6.92 Å². The summed E-state index contributed by atoms with van der Waals surface area (Å²) in [5.41, 5.74) is 2.58. The van der Waals surface area contributed by atoms with Gasteiger partial charge in [0.1, 0.15) is 5.56 Å². The summed E-state index contributed by atoms with van der Waals surface area (Å²) in [7, 11) is 0. The number of benzene rings is 2. The number of anilines is 1. The number of hydrogen-bond donors (Lipinski definition) is 1. The summed E-state index contributed by atoms with van der Waals surface area (Å²) < 4.78 is 7.06. The Kier molecular flexibility index (Phi) is 4.68. The van der Waals surface area contributed by atoms with E-state index in [0.717, 1.165) is 16.9 Å². The van der Waals surface area contributed by atoms with Gasteiger partial charge in [0.05, 0.1) is 22.5 Å². The zero-order valence-corrected chi connectivity index (χ0v) is 17.2. The fourth-order valence-corrected chi connectivity index (χ4v) is 3.98. The highest BCUT2D eigenvalue weighted by Crippen LogP contribution is 2.25. The van der Waals surface area contributed by atoms with Crippen LogP contribution in [0.5, 0.6) is 0 Å². The second-order valence-electron chi connectivity index (χ2n) is 6.86. The molecule has 0 aliphatic heterocycles. The zero-order chi connectivity index (χ0) is 21.4. The number of fused-ring (bicyclic) bond motifs is 1. The lowest BCUT2D eigenvalue weighted by molar-refractivity contribution is 0.102. The van der Waals surface area contributed by atoms with E-state index in [0.29, 0.717) is 21.9 Å². The Bertz CT molecular complexity index is 1450. The van der Waals surface area contributed by atoms with E-state index in [1.54, 1.807) is 11.6 Å². The van der Waals surface area contributed by atoms with Gasteiger partial charge in [0.15, 0.2) is 5.13 Å². The van der Waals surface area contributed by atoms with E-state index in [9.17, 15) is 9.59 Å². The average Bonchev–Trinajstić information content (AvgIpc) is 3.39. The van der Waals surface area contributed by atoms with Gasteiger partial charge < -0.3 is 4.42 Å². The second kappa shape index (κ2) is 7.66. The number of para-hydroxylation sites is 1. The molecule has 1 amide bonds. The number of hydrogen-bond acceptors (Lipinski definition) is 6. The fraction of sp³-hybridized carbons (Fsp3) is 0.0435. The first-order valence-corrected chi connectivity index (χ1v) is 10.4. The van der Waals surface area contributed by atoms with Gasteiger partial charge in [-0.05, 0) is 25.1 Å². The first-order valence-electron chi connectivity index (χ1n) is 9.51. The molecule has 7 nitrogen and oxygen atoms in total. The lowest BCUT2D eigenvalue weighted by Gasteiger charge is -2.03. The molecule has 0 atom stereocenters. The zero-order valence-electron chi connectivity index (χ0n) is 16.4. The van der Waals surface area contributed by atoms with E-state index in [1.165, 1.54) is 17.4 Å². The van der Waals surface area contributed by atoms with Crippen LogP contribution in [0.2, 0.25) is 0 Å². The molecule has 0 saturated heterocycles. The summed E-state index contributed by atoms with van der Waals surface area (Å²) in [4.78, 5) is 29.8. The topological polar surface area (TPSA) is 90.0 Å². The Hall–Kier alpha value is -4.04. The number of amides is 1. The first-order chi connectivity index (χ1) is 15.1. The van der Waals surface area contributed by atoms with E-state index in [4.69, 9.17) is 4.42 Å². The van der Waals surface area contributed by atoms with Crippen molar-refractivity contribution in [2.24, 2.45) is 0 Å². The highest BCUT2D eigenvalue weighted by atomic mass is 32.1. The van der Waals surface area contributed by atoms with Gasteiger partial charge in [0, 0.05) is 10.9 Å². The van der Waals surface area contributed by atoms with Crippen LogP contribution in [0.25, 0.3) is 28.0 Å². The van der Waals surface area contributed by atoms with Crippen molar-refractivity contribution in [2.75, 3.05) is 5.32 Å². The minimum Gasteiger partial charge on any atom is -0.403 e. The van der Waals surface area contributed by atoms with Gasteiger partial charge in [-0.3, -0.25) is 10.1 Å². The summed E-state index contributed by atoms with van der Waals surface area (Å²) in [6.45, 7) is 1.80. The van der Waals surface area contributed by atoms with Crippen LogP contribution in [-0.2, 0) is 0 Å². The Morgan fingerprint density at radius 2 is 1.77 bits per heavy atom. The van der Waals surface area contributed by atoms with Crippen molar-refractivity contribution in [3.8, 4) is 16.9 Å². The van der Waals surface area contributed by atoms with Crippen molar-refractivity contribution in [1.29, 1.82) is 0 Å². The predicted octanol–water partition coefficient (Wildman–Crippen LogP) is 4.66. The van der Waals surface area contributed by atoms with Gasteiger partial charge in [0.25, 0.3) is 5.91 Å². The largest absolute Gasteiger partial charge is 0.403 e. The number of carbonyl (C=O) groups excluding carboxylic acids is 1. The van der Waals surface area contributed by atoms with Gasteiger partial charge in [-0.1, -0.05) is 48.5 Å². The predicted molar refractivity (Wildman–Crippen MR) is 120 cm³/mol. The van der Waals surface area contributed by atoms with Crippen LogP contribution < -0.4 is 10.9 Å². The highest BCUT2D eigenvalue weighted by Gasteiger charge is 2.20. The summed E-state index contributed by atoms with van der Waals surface area (Å²) >= 11 is 1.29. The quantitative estimate of drug-likeness (QED) is 0.450. The summed E-state index contributed by atoms with van der Waals surface area (Å²) in [5, 5.41) is 10.0. The molecule has 3 aromatic heterocycles. The van der Waals surface area contributed by atoms with Crippen molar-refractivity contribution in [3.05, 3.63) is 93.8 Å². The van der Waals surface area contributed by atoms with Crippen molar-refractivity contribution in [2.45, 2.75) is 6.92 Å². The average molecular weight is 428 g/mol. The molecule has 5 aromatic rings. The van der Waals surface area contributed by atoms with Crippen LogP contribution in [0.4, 0.5) is 5.13 Å². The van der Waals surface area contributed by atoms with E-state index in [2.05, 4.69) is 15.4 Å². The second-order valence-corrected chi connectivity index (χ2v) is 7.72. The van der Waals surface area contributed by atoms with E-state index in [-0.39, 0.29) is 5.56 Å². The van der Waals surface area contributed by atoms with Gasteiger partial charge in [-0.15, -0.1) is 11.3 Å². The van der Waals surface area contributed by atoms with Crippen molar-refractivity contribution in [3.63, 3.8) is 0 Å². The molecule has 8 heteroatoms. The van der Waals surface area contributed by atoms with Crippen LogP contribution in [-0.4, -0.2) is 20.7 Å². The number of nitrogens with zero attached hydrogens (tertiary/aromatic N) is 3. The van der Waals surface area contributed by atoms with Gasteiger partial charge in [-0.25, -0.2) is 9.78 Å². The molecule has 2 aromatic carbocycles. The number of thiazole rings is 1. The van der Waals surface area contributed by atoms with E-state index >= 15 is 0 Å². The lowest BCUT2D eigenvalue weighted by atomic mass is 10.2. The Balaban J connectivity index is 1.47. The van der Waals surface area contributed by atoms with Crippen molar-refractivity contribution < 1.29 is 9.21 Å². The normalized spacial score (nSPS) is 11.0. The number of carbonyl (C=O) groups is 1. The number of rotatable bonds is 4. The molecular weight excluding hydrogens is 412 g/mol. The number of aromatic nitrogens is 3. The maximum absolute atomic E-state index is 12.8. The number of aryl methyl sites for hydroxylation is 1. The molecule has 0 fully saturated rings. The molecule has 1 N–H and O–H groups in total. The first kappa shape index (κ1) is 19.0. The maximum Gasteiger partial charge on any atom is 0.350 e. The summed E-state index contributed by atoms with van der Waals surface area (Å²) in [6, 6.07) is 20.5. The molecule has 31 heavy (non-hydrogen) atoms. The van der Waals surface area contributed by atoms with Gasteiger partial charge in [0.2, 0.25) is 5.71 Å². The number of nitrogens with one attached hydrogen (secondary N) is 1. The molecule has 0 radical (unpaired) electrons. The highest BCUT2D eigenvalue weighted by molar-refractivity contribution is 7.14. The molecule has 0 saturated carbocycles. The standard InChI is InChI=1S/C23H16N4O3S/c1-14-17-12-18(22(29)30-21(17)27(26-14)16-10-6-3-7-11-16)20(28)25-23-24-19(13-31-23)15-8-4-2-5-9-15/h2-13H,1H3,(H,24,25,28). The SMILES string of the molecule is Cc1nn(-c2ccccc2)c2oc(=O)c(C(=O)Nc3nc(-c4ccccc4)cs3)cc12. The molecular formula is C23H16N4O3S.